The first-order valence-corrected chi connectivity index (χ1v) is 11.6. The lowest BCUT2D eigenvalue weighted by atomic mass is 9.90. The van der Waals surface area contributed by atoms with E-state index in [1.807, 2.05) is 6.92 Å². The van der Waals surface area contributed by atoms with Crippen molar-refractivity contribution in [2.24, 2.45) is 11.8 Å². The molecule has 2 N–H and O–H groups in total. The number of nitrogens with zero attached hydrogens (tertiary/aromatic N) is 4. The molecule has 1 amide bonds. The SMILES string of the molecule is CCc1cnc(-c2ccc(C)nc2C(=O)N2CC3CC3CC2c2c(N)ncc(C(F)(F)F)c2C)o1. The van der Waals surface area contributed by atoms with Crippen LogP contribution >= 0.6 is 0 Å². The van der Waals surface area contributed by atoms with Crippen molar-refractivity contribution in [1.29, 1.82) is 0 Å². The normalized spacial score (nSPS) is 21.7. The maximum Gasteiger partial charge on any atom is 0.418 e. The number of nitrogen functional groups attached to an aromatic ring is 1. The molecule has 3 aromatic rings. The third-order valence-electron chi connectivity index (χ3n) is 7.09. The van der Waals surface area contributed by atoms with E-state index >= 15 is 0 Å². The summed E-state index contributed by atoms with van der Waals surface area (Å²) in [6.45, 7) is 5.53. The molecule has 0 radical (unpaired) electrons. The second kappa shape index (κ2) is 8.35. The Balaban J connectivity index is 1.60. The van der Waals surface area contributed by atoms with Gasteiger partial charge >= 0.3 is 6.18 Å². The van der Waals surface area contributed by atoms with E-state index in [1.165, 1.54) is 6.92 Å². The van der Waals surface area contributed by atoms with Crippen LogP contribution in [0.2, 0.25) is 0 Å². The Labute approximate surface area is 200 Å². The Bertz CT molecular complexity index is 1300. The summed E-state index contributed by atoms with van der Waals surface area (Å²) in [7, 11) is 0. The monoisotopic (exact) mass is 485 g/mol. The molecule has 1 saturated heterocycles. The molecule has 3 aromatic heterocycles. The van der Waals surface area contributed by atoms with Gasteiger partial charge in [-0.2, -0.15) is 13.2 Å². The summed E-state index contributed by atoms with van der Waals surface area (Å²) in [6.07, 6.45) is -0.0896. The lowest BCUT2D eigenvalue weighted by molar-refractivity contribution is -0.138. The molecule has 0 aromatic carbocycles. The highest BCUT2D eigenvalue weighted by atomic mass is 19.4. The second-order valence-corrected chi connectivity index (χ2v) is 9.39. The number of fused-ring (bicyclic) bond motifs is 1. The Morgan fingerprint density at radius 1 is 1.17 bits per heavy atom. The minimum Gasteiger partial charge on any atom is -0.441 e. The standard InChI is InChI=1S/C25H26F3N5O2/c1-4-16-9-31-23(35-16)17-6-5-12(2)32-21(17)24(34)33-11-15-7-14(15)8-19(33)20-13(3)18(25(26,27)28)10-30-22(20)29/h5-6,9-10,14-15,19H,4,7-8,11H2,1-3H3,(H2,29,30). The highest BCUT2D eigenvalue weighted by molar-refractivity contribution is 5.98. The number of aromatic nitrogens is 3. The molecule has 10 heteroatoms. The van der Waals surface area contributed by atoms with E-state index in [1.54, 1.807) is 30.2 Å². The summed E-state index contributed by atoms with van der Waals surface area (Å²) in [5.74, 6) is 1.25. The second-order valence-electron chi connectivity index (χ2n) is 9.39. The van der Waals surface area contributed by atoms with Crippen LogP contribution in [-0.4, -0.2) is 32.3 Å². The Morgan fingerprint density at radius 3 is 2.63 bits per heavy atom. The minimum atomic E-state index is -4.57. The number of hydrogen-bond acceptors (Lipinski definition) is 6. The average molecular weight is 486 g/mol. The van der Waals surface area contributed by atoms with Crippen molar-refractivity contribution < 1.29 is 22.4 Å². The number of nitrogens with two attached hydrogens (primary N) is 1. The van der Waals surface area contributed by atoms with Gasteiger partial charge in [-0.15, -0.1) is 0 Å². The minimum absolute atomic E-state index is 0.00427. The predicted molar refractivity (Wildman–Crippen MR) is 122 cm³/mol. The van der Waals surface area contributed by atoms with Gasteiger partial charge in [0.05, 0.1) is 23.4 Å². The smallest absolute Gasteiger partial charge is 0.418 e. The molecule has 0 spiro atoms. The van der Waals surface area contributed by atoms with Gasteiger partial charge in [-0.1, -0.05) is 6.92 Å². The molecule has 7 nitrogen and oxygen atoms in total. The fourth-order valence-corrected chi connectivity index (χ4v) is 5.08. The number of amides is 1. The number of carbonyl (C=O) groups excluding carboxylic acids is 1. The third kappa shape index (κ3) is 4.15. The van der Waals surface area contributed by atoms with E-state index < -0.39 is 17.8 Å². The van der Waals surface area contributed by atoms with Crippen LogP contribution < -0.4 is 5.73 Å². The van der Waals surface area contributed by atoms with Crippen LogP contribution in [0, 0.1) is 25.7 Å². The molecule has 4 heterocycles. The van der Waals surface area contributed by atoms with Crippen molar-refractivity contribution in [3.63, 3.8) is 0 Å². The topological polar surface area (TPSA) is 98.1 Å². The van der Waals surface area contributed by atoms with Crippen LogP contribution in [0.4, 0.5) is 19.0 Å². The molecule has 2 fully saturated rings. The highest BCUT2D eigenvalue weighted by Gasteiger charge is 2.49. The summed E-state index contributed by atoms with van der Waals surface area (Å²) in [4.78, 5) is 28.3. The lowest BCUT2D eigenvalue weighted by Crippen LogP contribution is -2.41. The van der Waals surface area contributed by atoms with Gasteiger partial charge in [-0.3, -0.25) is 4.79 Å². The van der Waals surface area contributed by atoms with Crippen molar-refractivity contribution in [3.05, 3.63) is 58.4 Å². The Kier molecular flexibility index (Phi) is 5.56. The van der Waals surface area contributed by atoms with Crippen LogP contribution in [0.25, 0.3) is 11.5 Å². The first-order chi connectivity index (χ1) is 16.6. The molecule has 1 saturated carbocycles. The van der Waals surface area contributed by atoms with Crippen LogP contribution in [0.15, 0.2) is 28.9 Å². The van der Waals surface area contributed by atoms with E-state index in [4.69, 9.17) is 10.2 Å². The summed E-state index contributed by atoms with van der Waals surface area (Å²) in [6, 6.07) is 2.88. The van der Waals surface area contributed by atoms with E-state index in [-0.39, 0.29) is 34.4 Å². The van der Waals surface area contributed by atoms with E-state index in [2.05, 4.69) is 15.0 Å². The Hall–Kier alpha value is -3.43. The van der Waals surface area contributed by atoms with Crippen LogP contribution in [0.5, 0.6) is 0 Å². The zero-order valence-corrected chi connectivity index (χ0v) is 19.7. The van der Waals surface area contributed by atoms with Crippen LogP contribution in [0.1, 0.15) is 64.4 Å². The number of anilines is 1. The highest BCUT2D eigenvalue weighted by Crippen LogP contribution is 2.53. The van der Waals surface area contributed by atoms with Crippen LogP contribution in [-0.2, 0) is 12.6 Å². The van der Waals surface area contributed by atoms with Crippen molar-refractivity contribution >= 4 is 11.7 Å². The van der Waals surface area contributed by atoms with Gasteiger partial charge in [0.1, 0.15) is 17.3 Å². The van der Waals surface area contributed by atoms with Crippen molar-refractivity contribution in [1.82, 2.24) is 19.9 Å². The number of carbonyl (C=O) groups is 1. The fourth-order valence-electron chi connectivity index (χ4n) is 5.08. The van der Waals surface area contributed by atoms with Gasteiger partial charge in [0, 0.05) is 30.4 Å². The molecule has 0 bridgehead atoms. The third-order valence-corrected chi connectivity index (χ3v) is 7.09. The molecular formula is C25H26F3N5O2. The predicted octanol–water partition coefficient (Wildman–Crippen LogP) is 5.14. The molecule has 2 aliphatic rings. The van der Waals surface area contributed by atoms with Crippen molar-refractivity contribution in [2.45, 2.75) is 52.3 Å². The number of pyridine rings is 2. The summed E-state index contributed by atoms with van der Waals surface area (Å²) >= 11 is 0. The molecule has 184 valence electrons. The number of aryl methyl sites for hydroxylation is 2. The number of rotatable bonds is 4. The molecule has 1 aliphatic carbocycles. The van der Waals surface area contributed by atoms with Gasteiger partial charge in [0.25, 0.3) is 5.91 Å². The van der Waals surface area contributed by atoms with Crippen LogP contribution in [0.3, 0.4) is 0 Å². The average Bonchev–Trinajstić information content (AvgIpc) is 3.40. The van der Waals surface area contributed by atoms with E-state index in [9.17, 15) is 18.0 Å². The lowest BCUT2D eigenvalue weighted by Gasteiger charge is -2.37. The largest absolute Gasteiger partial charge is 0.441 e. The van der Waals surface area contributed by atoms with Gasteiger partial charge in [-0.25, -0.2) is 15.0 Å². The number of halogens is 3. The summed E-state index contributed by atoms with van der Waals surface area (Å²) in [5.41, 5.74) is 6.80. The molecule has 35 heavy (non-hydrogen) atoms. The summed E-state index contributed by atoms with van der Waals surface area (Å²) < 4.78 is 46.8. The van der Waals surface area contributed by atoms with Gasteiger partial charge in [0.15, 0.2) is 0 Å². The first kappa shape index (κ1) is 23.3. The zero-order chi connectivity index (χ0) is 25.1. The molecule has 1 aliphatic heterocycles. The van der Waals surface area contributed by atoms with Gasteiger partial charge < -0.3 is 15.1 Å². The molecule has 3 atom stereocenters. The number of alkyl halides is 3. The molecule has 5 rings (SSSR count). The zero-order valence-electron chi connectivity index (χ0n) is 19.7. The maximum absolute atomic E-state index is 14.0. The maximum atomic E-state index is 14.0. The molecular weight excluding hydrogens is 459 g/mol. The Morgan fingerprint density at radius 2 is 1.94 bits per heavy atom. The van der Waals surface area contributed by atoms with Gasteiger partial charge in [-0.05, 0) is 56.2 Å². The summed E-state index contributed by atoms with van der Waals surface area (Å²) in [5, 5.41) is 0. The van der Waals surface area contributed by atoms with Crippen molar-refractivity contribution in [2.75, 3.05) is 12.3 Å². The fraction of sp³-hybridized carbons (Fsp3) is 0.440. The number of piperidine rings is 1. The number of likely N-dealkylation sites (tertiary alicyclic amines) is 1. The van der Waals surface area contributed by atoms with Crippen molar-refractivity contribution in [3.8, 4) is 11.5 Å². The molecule has 3 unspecified atom stereocenters. The van der Waals surface area contributed by atoms with E-state index in [0.717, 1.165) is 12.6 Å². The van der Waals surface area contributed by atoms with E-state index in [0.29, 0.717) is 48.2 Å². The number of oxazole rings is 1. The quantitative estimate of drug-likeness (QED) is 0.550. The number of hydrogen-bond donors (Lipinski definition) is 1. The van der Waals surface area contributed by atoms with Gasteiger partial charge in [0.2, 0.25) is 5.89 Å². The first-order valence-electron chi connectivity index (χ1n) is 11.6.